The summed E-state index contributed by atoms with van der Waals surface area (Å²) in [5.74, 6) is 0. The molecule has 0 amide bonds. The maximum atomic E-state index is 11.3. The van der Waals surface area contributed by atoms with Gasteiger partial charge in [-0.2, -0.15) is 8.42 Å². The third kappa shape index (κ3) is 17.9. The number of hydrogen-bond donors (Lipinski definition) is 2. The molecule has 2 unspecified atom stereocenters. The summed E-state index contributed by atoms with van der Waals surface area (Å²) in [5, 5.41) is 9.22. The molecule has 0 rings (SSSR count). The van der Waals surface area contributed by atoms with Gasteiger partial charge in [0.2, 0.25) is 0 Å². The van der Waals surface area contributed by atoms with Crippen LogP contribution in [0.1, 0.15) is 136 Å². The fourth-order valence-corrected chi connectivity index (χ4v) is 4.88. The summed E-state index contributed by atoms with van der Waals surface area (Å²) in [5.41, 5.74) is 0. The molecule has 170 valence electrons. The van der Waals surface area contributed by atoms with Gasteiger partial charge in [0, 0.05) is 0 Å². The van der Waals surface area contributed by atoms with Crippen LogP contribution in [0.25, 0.3) is 0 Å². The minimum atomic E-state index is -4.04. The predicted octanol–water partition coefficient (Wildman–Crippen LogP) is 7.06. The van der Waals surface area contributed by atoms with Gasteiger partial charge in [0.15, 0.2) is 0 Å². The molecule has 28 heavy (non-hydrogen) atoms. The lowest BCUT2D eigenvalue weighted by atomic mass is 10.0. The first kappa shape index (κ1) is 27.9. The number of unbranched alkanes of at least 4 members (excludes halogenated alkanes) is 14. The molecule has 2 N–H and O–H groups in total. The van der Waals surface area contributed by atoms with Crippen molar-refractivity contribution in [2.24, 2.45) is 0 Å². The van der Waals surface area contributed by atoms with E-state index in [1.54, 1.807) is 0 Å². The van der Waals surface area contributed by atoms with Crippen LogP contribution in [0.3, 0.4) is 0 Å². The second-order valence-corrected chi connectivity index (χ2v) is 10.3. The first-order valence-corrected chi connectivity index (χ1v) is 13.6. The van der Waals surface area contributed by atoms with E-state index in [9.17, 15) is 18.1 Å². The molecule has 0 heterocycles. The van der Waals surface area contributed by atoms with Crippen LogP contribution in [0.2, 0.25) is 0 Å². The van der Waals surface area contributed by atoms with Crippen molar-refractivity contribution >= 4 is 10.1 Å². The summed E-state index contributed by atoms with van der Waals surface area (Å²) in [6.07, 6.45) is 20.9. The molecular formula is C23H48O4S. The molecule has 0 saturated carbocycles. The third-order valence-electron chi connectivity index (χ3n) is 5.71. The summed E-state index contributed by atoms with van der Waals surface area (Å²) >= 11 is 0. The highest BCUT2D eigenvalue weighted by Crippen LogP contribution is 2.18. The van der Waals surface area contributed by atoms with Gasteiger partial charge < -0.3 is 5.11 Å². The van der Waals surface area contributed by atoms with Crippen molar-refractivity contribution in [3.05, 3.63) is 0 Å². The molecule has 0 radical (unpaired) electrons. The Morgan fingerprint density at radius 3 is 1.36 bits per heavy atom. The second kappa shape index (κ2) is 18.9. The minimum Gasteiger partial charge on any atom is -0.393 e. The summed E-state index contributed by atoms with van der Waals surface area (Å²) in [7, 11) is -4.04. The lowest BCUT2D eigenvalue weighted by molar-refractivity contribution is 0.147. The van der Waals surface area contributed by atoms with E-state index < -0.39 is 21.5 Å². The molecule has 0 aliphatic rings. The Bertz CT molecular complexity index is 422. The van der Waals surface area contributed by atoms with Crippen LogP contribution in [0.15, 0.2) is 0 Å². The zero-order chi connectivity index (χ0) is 21.1. The molecular weight excluding hydrogens is 372 g/mol. The van der Waals surface area contributed by atoms with Gasteiger partial charge in [0.25, 0.3) is 10.1 Å². The summed E-state index contributed by atoms with van der Waals surface area (Å²) < 4.78 is 31.9. The smallest absolute Gasteiger partial charge is 0.267 e. The average molecular weight is 421 g/mol. The van der Waals surface area contributed by atoms with Crippen LogP contribution < -0.4 is 0 Å². The van der Waals surface area contributed by atoms with Crippen LogP contribution >= 0.6 is 0 Å². The monoisotopic (exact) mass is 420 g/mol. The Morgan fingerprint density at radius 1 is 0.607 bits per heavy atom. The molecule has 5 heteroatoms. The fraction of sp³-hybridized carbons (Fsp3) is 1.00. The number of aliphatic hydroxyl groups is 1. The molecule has 2 atom stereocenters. The van der Waals surface area contributed by atoms with E-state index in [0.717, 1.165) is 12.8 Å². The van der Waals surface area contributed by atoms with E-state index in [1.807, 2.05) is 6.92 Å². The molecule has 0 aliphatic carbocycles. The molecule has 0 fully saturated rings. The van der Waals surface area contributed by atoms with Gasteiger partial charge in [0.1, 0.15) is 0 Å². The van der Waals surface area contributed by atoms with E-state index in [0.29, 0.717) is 19.3 Å². The molecule has 0 bridgehead atoms. The van der Waals surface area contributed by atoms with Crippen LogP contribution in [0, 0.1) is 0 Å². The number of hydrogen-bond acceptors (Lipinski definition) is 3. The standard InChI is InChI=1S/C23H48O4S/c1-3-5-6-7-8-9-10-11-12-13-14-15-16-17-18-20-22(24)21-23(19-4-2)28(25,26)27/h22-24H,3-21H2,1-2H3,(H,25,26,27). The second-order valence-electron chi connectivity index (χ2n) is 8.55. The quantitative estimate of drug-likeness (QED) is 0.154. The largest absolute Gasteiger partial charge is 0.393 e. The van der Waals surface area contributed by atoms with Crippen LogP contribution in [0.4, 0.5) is 0 Å². The van der Waals surface area contributed by atoms with Crippen molar-refractivity contribution in [2.45, 2.75) is 147 Å². The van der Waals surface area contributed by atoms with Gasteiger partial charge in [-0.25, -0.2) is 0 Å². The van der Waals surface area contributed by atoms with Gasteiger partial charge in [0.05, 0.1) is 11.4 Å². The van der Waals surface area contributed by atoms with Gasteiger partial charge >= 0.3 is 0 Å². The van der Waals surface area contributed by atoms with E-state index in [4.69, 9.17) is 0 Å². The summed E-state index contributed by atoms with van der Waals surface area (Å²) in [4.78, 5) is 0. The molecule has 0 aliphatic heterocycles. The van der Waals surface area contributed by atoms with E-state index in [2.05, 4.69) is 6.92 Å². The lowest BCUT2D eigenvalue weighted by Gasteiger charge is -2.17. The molecule has 0 aromatic carbocycles. The van der Waals surface area contributed by atoms with Crippen molar-refractivity contribution in [3.8, 4) is 0 Å². The SMILES string of the molecule is CCCCCCCCCCCCCCCCCC(O)CC(CCC)S(=O)(=O)O. The van der Waals surface area contributed by atoms with Crippen molar-refractivity contribution in [1.29, 1.82) is 0 Å². The highest BCUT2D eigenvalue weighted by Gasteiger charge is 2.24. The Hall–Kier alpha value is -0.130. The normalized spacial score (nSPS) is 14.3. The van der Waals surface area contributed by atoms with E-state index in [-0.39, 0.29) is 6.42 Å². The number of rotatable bonds is 21. The first-order chi connectivity index (χ1) is 13.4. The first-order valence-electron chi connectivity index (χ1n) is 12.1. The minimum absolute atomic E-state index is 0.158. The van der Waals surface area contributed by atoms with Crippen molar-refractivity contribution in [2.75, 3.05) is 0 Å². The highest BCUT2D eigenvalue weighted by atomic mass is 32.2. The van der Waals surface area contributed by atoms with Gasteiger partial charge in [-0.3, -0.25) is 4.55 Å². The molecule has 4 nitrogen and oxygen atoms in total. The Labute approximate surface area is 175 Å². The third-order valence-corrected chi connectivity index (χ3v) is 6.98. The Morgan fingerprint density at radius 2 is 1.00 bits per heavy atom. The van der Waals surface area contributed by atoms with E-state index in [1.165, 1.54) is 83.5 Å². The predicted molar refractivity (Wildman–Crippen MR) is 120 cm³/mol. The molecule has 0 aromatic heterocycles. The lowest BCUT2D eigenvalue weighted by Crippen LogP contribution is -2.26. The Balaban J connectivity index is 3.43. The molecule has 0 spiro atoms. The van der Waals surface area contributed by atoms with Gasteiger partial charge in [-0.15, -0.1) is 0 Å². The zero-order valence-corrected chi connectivity index (χ0v) is 19.5. The van der Waals surface area contributed by atoms with Crippen molar-refractivity contribution < 1.29 is 18.1 Å². The zero-order valence-electron chi connectivity index (χ0n) is 18.7. The Kier molecular flexibility index (Phi) is 18.8. The highest BCUT2D eigenvalue weighted by molar-refractivity contribution is 7.86. The topological polar surface area (TPSA) is 74.6 Å². The average Bonchev–Trinajstić information content (AvgIpc) is 2.63. The van der Waals surface area contributed by atoms with Crippen molar-refractivity contribution in [1.82, 2.24) is 0 Å². The van der Waals surface area contributed by atoms with E-state index >= 15 is 0 Å². The van der Waals surface area contributed by atoms with Crippen LogP contribution in [0.5, 0.6) is 0 Å². The number of aliphatic hydroxyl groups excluding tert-OH is 1. The summed E-state index contributed by atoms with van der Waals surface area (Å²) in [6.45, 7) is 4.15. The molecule has 0 aromatic rings. The molecule has 0 saturated heterocycles. The maximum absolute atomic E-state index is 11.3. The van der Waals surface area contributed by atoms with Gasteiger partial charge in [-0.05, 0) is 19.3 Å². The maximum Gasteiger partial charge on any atom is 0.267 e. The van der Waals surface area contributed by atoms with Crippen LogP contribution in [-0.2, 0) is 10.1 Å². The van der Waals surface area contributed by atoms with Crippen molar-refractivity contribution in [3.63, 3.8) is 0 Å². The fourth-order valence-electron chi connectivity index (χ4n) is 3.88. The summed E-state index contributed by atoms with van der Waals surface area (Å²) in [6, 6.07) is 0. The van der Waals surface area contributed by atoms with Gasteiger partial charge in [-0.1, -0.05) is 117 Å². The van der Waals surface area contributed by atoms with Crippen LogP contribution in [-0.4, -0.2) is 29.4 Å².